The summed E-state index contributed by atoms with van der Waals surface area (Å²) in [4.78, 5) is 29.0. The second kappa shape index (κ2) is 10.7. The van der Waals surface area contributed by atoms with E-state index in [4.69, 9.17) is 14.6 Å². The van der Waals surface area contributed by atoms with E-state index in [1.807, 2.05) is 0 Å². The number of fused-ring (bicyclic) bond motifs is 1. The zero-order valence-corrected chi connectivity index (χ0v) is 19.9. The van der Waals surface area contributed by atoms with Gasteiger partial charge in [-0.05, 0) is 48.9 Å². The molecule has 0 saturated heterocycles. The minimum atomic E-state index is -3.89. The number of aryl methyl sites for hydroxylation is 1. The maximum atomic E-state index is 12.8. The third kappa shape index (κ3) is 6.28. The van der Waals surface area contributed by atoms with Gasteiger partial charge < -0.3 is 14.0 Å². The third-order valence-electron chi connectivity index (χ3n) is 4.82. The molecule has 33 heavy (non-hydrogen) atoms. The third-order valence-corrected chi connectivity index (χ3v) is 6.77. The second-order valence-corrected chi connectivity index (χ2v) is 9.75. The minimum absolute atomic E-state index is 0.0482. The Morgan fingerprint density at radius 3 is 2.52 bits per heavy atom. The molecule has 2 aromatic carbocycles. The fourth-order valence-corrected chi connectivity index (χ4v) is 4.72. The number of thiazole rings is 1. The Morgan fingerprint density at radius 1 is 1.15 bits per heavy atom. The number of hydrogen-bond donors (Lipinski definition) is 1. The van der Waals surface area contributed by atoms with E-state index in [-0.39, 0.29) is 17.9 Å². The van der Waals surface area contributed by atoms with Crippen LogP contribution in [-0.4, -0.2) is 38.6 Å². The van der Waals surface area contributed by atoms with Crippen molar-refractivity contribution in [2.45, 2.75) is 37.6 Å². The molecule has 0 unspecified atom stereocenters. The van der Waals surface area contributed by atoms with E-state index in [2.05, 4.69) is 11.9 Å². The van der Waals surface area contributed by atoms with Crippen LogP contribution in [0.4, 0.5) is 0 Å². The SMILES string of the molecule is CCCCOc1ccc(C(=O)N=c2sc3cc(S(N)(=O)=O)ccc3n2CCC(=O)OC)cc1. The molecule has 0 saturated carbocycles. The number of nitrogens with zero attached hydrogens (tertiary/aromatic N) is 2. The van der Waals surface area contributed by atoms with Crippen LogP contribution in [0.15, 0.2) is 52.4 Å². The molecule has 0 aliphatic heterocycles. The highest BCUT2D eigenvalue weighted by atomic mass is 32.2. The van der Waals surface area contributed by atoms with Crippen molar-refractivity contribution in [3.05, 3.63) is 52.8 Å². The quantitative estimate of drug-likeness (QED) is 0.362. The zero-order valence-electron chi connectivity index (χ0n) is 18.3. The number of esters is 1. The first kappa shape index (κ1) is 24.6. The molecule has 2 N–H and O–H groups in total. The van der Waals surface area contributed by atoms with Crippen LogP contribution in [-0.2, 0) is 26.1 Å². The van der Waals surface area contributed by atoms with E-state index >= 15 is 0 Å². The molecule has 0 aliphatic carbocycles. The average Bonchev–Trinajstić information content (AvgIpc) is 3.13. The fraction of sp³-hybridized carbons (Fsp3) is 0.318. The summed E-state index contributed by atoms with van der Waals surface area (Å²) in [6.07, 6.45) is 2.03. The largest absolute Gasteiger partial charge is 0.494 e. The van der Waals surface area contributed by atoms with Gasteiger partial charge in [-0.1, -0.05) is 24.7 Å². The van der Waals surface area contributed by atoms with Gasteiger partial charge in [0.25, 0.3) is 5.91 Å². The predicted octanol–water partition coefficient (Wildman–Crippen LogP) is 2.83. The maximum Gasteiger partial charge on any atom is 0.307 e. The number of unbranched alkanes of at least 4 members (excludes halogenated alkanes) is 1. The molecule has 176 valence electrons. The van der Waals surface area contributed by atoms with E-state index in [0.29, 0.717) is 32.9 Å². The molecule has 0 atom stereocenters. The van der Waals surface area contributed by atoms with Crippen LogP contribution < -0.4 is 14.7 Å². The highest BCUT2D eigenvalue weighted by molar-refractivity contribution is 7.89. The molecule has 1 aromatic heterocycles. The summed E-state index contributed by atoms with van der Waals surface area (Å²) in [5.74, 6) is -0.218. The summed E-state index contributed by atoms with van der Waals surface area (Å²) >= 11 is 1.13. The van der Waals surface area contributed by atoms with Crippen molar-refractivity contribution in [2.75, 3.05) is 13.7 Å². The molecule has 0 radical (unpaired) electrons. The molecule has 1 amide bonds. The van der Waals surface area contributed by atoms with Crippen LogP contribution in [0.3, 0.4) is 0 Å². The Balaban J connectivity index is 1.98. The number of carbonyl (C=O) groups excluding carboxylic acids is 2. The number of ether oxygens (including phenoxy) is 2. The molecule has 0 spiro atoms. The van der Waals surface area contributed by atoms with Gasteiger partial charge in [-0.15, -0.1) is 0 Å². The molecule has 11 heteroatoms. The smallest absolute Gasteiger partial charge is 0.307 e. The molecule has 0 fully saturated rings. The lowest BCUT2D eigenvalue weighted by molar-refractivity contribution is -0.140. The van der Waals surface area contributed by atoms with Crippen molar-refractivity contribution in [1.82, 2.24) is 4.57 Å². The van der Waals surface area contributed by atoms with Gasteiger partial charge in [0.05, 0.1) is 35.2 Å². The number of methoxy groups -OCH3 is 1. The fourth-order valence-electron chi connectivity index (χ4n) is 3.02. The van der Waals surface area contributed by atoms with E-state index in [1.165, 1.54) is 19.2 Å². The monoisotopic (exact) mass is 491 g/mol. The molecule has 0 aliphatic rings. The number of nitrogens with two attached hydrogens (primary N) is 1. The van der Waals surface area contributed by atoms with Crippen LogP contribution in [0, 0.1) is 0 Å². The number of sulfonamides is 1. The lowest BCUT2D eigenvalue weighted by atomic mass is 10.2. The van der Waals surface area contributed by atoms with Gasteiger partial charge in [0.1, 0.15) is 5.75 Å². The van der Waals surface area contributed by atoms with Gasteiger partial charge in [0, 0.05) is 12.1 Å². The van der Waals surface area contributed by atoms with Crippen molar-refractivity contribution in [1.29, 1.82) is 0 Å². The molecule has 1 heterocycles. The minimum Gasteiger partial charge on any atom is -0.494 e. The highest BCUT2D eigenvalue weighted by Crippen LogP contribution is 2.22. The molecular weight excluding hydrogens is 466 g/mol. The summed E-state index contributed by atoms with van der Waals surface area (Å²) in [6.45, 7) is 2.89. The normalized spacial score (nSPS) is 12.2. The Hall–Kier alpha value is -3.02. The summed E-state index contributed by atoms with van der Waals surface area (Å²) in [6, 6.07) is 11.1. The van der Waals surface area contributed by atoms with E-state index in [9.17, 15) is 18.0 Å². The van der Waals surface area contributed by atoms with E-state index < -0.39 is 21.9 Å². The molecule has 3 rings (SSSR count). The molecule has 9 nitrogen and oxygen atoms in total. The van der Waals surface area contributed by atoms with E-state index in [0.717, 1.165) is 24.2 Å². The summed E-state index contributed by atoms with van der Waals surface area (Å²) < 4.78 is 36.0. The first-order chi connectivity index (χ1) is 15.7. The number of carbonyl (C=O) groups is 2. The Bertz CT molecular complexity index is 1320. The van der Waals surface area contributed by atoms with Gasteiger partial charge in [-0.3, -0.25) is 9.59 Å². The van der Waals surface area contributed by atoms with Gasteiger partial charge in [0.15, 0.2) is 4.80 Å². The number of amides is 1. The number of aromatic nitrogens is 1. The topological polar surface area (TPSA) is 130 Å². The van der Waals surface area contributed by atoms with Gasteiger partial charge >= 0.3 is 5.97 Å². The van der Waals surface area contributed by atoms with Crippen molar-refractivity contribution < 1.29 is 27.5 Å². The summed E-state index contributed by atoms with van der Waals surface area (Å²) in [5, 5.41) is 5.24. The average molecular weight is 492 g/mol. The van der Waals surface area contributed by atoms with Gasteiger partial charge in [-0.25, -0.2) is 13.6 Å². The van der Waals surface area contributed by atoms with Gasteiger partial charge in [0.2, 0.25) is 10.0 Å². The summed E-state index contributed by atoms with van der Waals surface area (Å²) in [5.41, 5.74) is 1.00. The zero-order chi connectivity index (χ0) is 24.0. The first-order valence-corrected chi connectivity index (χ1v) is 12.6. The van der Waals surface area contributed by atoms with Crippen molar-refractivity contribution in [3.8, 4) is 5.75 Å². The van der Waals surface area contributed by atoms with E-state index in [1.54, 1.807) is 34.9 Å². The lowest BCUT2D eigenvalue weighted by Crippen LogP contribution is -2.19. The Kier molecular flexibility index (Phi) is 8.01. The highest BCUT2D eigenvalue weighted by Gasteiger charge is 2.15. The Labute approximate surface area is 195 Å². The van der Waals surface area contributed by atoms with Crippen LogP contribution in [0.1, 0.15) is 36.5 Å². The van der Waals surface area contributed by atoms with Crippen LogP contribution >= 0.6 is 11.3 Å². The predicted molar refractivity (Wildman–Crippen MR) is 125 cm³/mol. The number of benzene rings is 2. The van der Waals surface area contributed by atoms with Gasteiger partial charge in [-0.2, -0.15) is 4.99 Å². The summed E-state index contributed by atoms with van der Waals surface area (Å²) in [7, 11) is -2.60. The lowest BCUT2D eigenvalue weighted by Gasteiger charge is -2.06. The van der Waals surface area contributed by atoms with Crippen LogP contribution in [0.5, 0.6) is 5.75 Å². The van der Waals surface area contributed by atoms with Crippen molar-refractivity contribution in [3.63, 3.8) is 0 Å². The first-order valence-electron chi connectivity index (χ1n) is 10.3. The van der Waals surface area contributed by atoms with Crippen LogP contribution in [0.2, 0.25) is 0 Å². The standard InChI is InChI=1S/C22H25N3O6S2/c1-3-4-13-31-16-7-5-15(6-8-16)21(27)24-22-25(12-11-20(26)30-2)18-10-9-17(33(23,28)29)14-19(18)32-22/h5-10,14H,3-4,11-13H2,1-2H3,(H2,23,28,29). The number of rotatable bonds is 9. The number of primary sulfonamides is 1. The maximum absolute atomic E-state index is 12.8. The van der Waals surface area contributed by atoms with Crippen molar-refractivity contribution in [2.24, 2.45) is 10.1 Å². The Morgan fingerprint density at radius 2 is 1.88 bits per heavy atom. The number of hydrogen-bond acceptors (Lipinski definition) is 7. The second-order valence-electron chi connectivity index (χ2n) is 7.18. The van der Waals surface area contributed by atoms with Crippen LogP contribution in [0.25, 0.3) is 10.2 Å². The molecule has 0 bridgehead atoms. The molecule has 3 aromatic rings. The van der Waals surface area contributed by atoms with Crippen molar-refractivity contribution >= 4 is 43.5 Å². The molecular formula is C22H25N3O6S2.